The van der Waals surface area contributed by atoms with Gasteiger partial charge in [0, 0.05) is 11.4 Å². The van der Waals surface area contributed by atoms with Gasteiger partial charge in [-0.1, -0.05) is 19.3 Å². The number of esters is 1. The van der Waals surface area contributed by atoms with Crippen LogP contribution in [0, 0.1) is 0 Å². The van der Waals surface area contributed by atoms with Crippen LogP contribution in [0.3, 0.4) is 0 Å². The normalized spacial score (nSPS) is 16.0. The fraction of sp³-hybridized carbons (Fsp3) is 0.526. The van der Waals surface area contributed by atoms with Crippen LogP contribution in [0.4, 0.5) is 11.8 Å². The first-order valence-electron chi connectivity index (χ1n) is 8.89. The third-order valence-electron chi connectivity index (χ3n) is 4.29. The van der Waals surface area contributed by atoms with E-state index in [0.29, 0.717) is 17.4 Å². The Kier molecular flexibility index (Phi) is 4.79. The number of nitrogens with two attached hydrogens (primary N) is 1. The monoisotopic (exact) mass is 342 g/mol. The van der Waals surface area contributed by atoms with Crippen LogP contribution in [0.15, 0.2) is 18.2 Å². The molecule has 6 heteroatoms. The molecule has 134 valence electrons. The Morgan fingerprint density at radius 2 is 1.92 bits per heavy atom. The molecule has 1 fully saturated rings. The zero-order valence-electron chi connectivity index (χ0n) is 15.1. The van der Waals surface area contributed by atoms with Crippen molar-refractivity contribution in [3.63, 3.8) is 0 Å². The number of hydrogen-bond donors (Lipinski definition) is 2. The summed E-state index contributed by atoms with van der Waals surface area (Å²) in [5, 5.41) is 4.29. The molecule has 0 spiro atoms. The molecule has 1 aromatic heterocycles. The van der Waals surface area contributed by atoms with E-state index >= 15 is 0 Å². The van der Waals surface area contributed by atoms with Gasteiger partial charge in [0.15, 0.2) is 0 Å². The van der Waals surface area contributed by atoms with Crippen LogP contribution in [0.2, 0.25) is 0 Å². The molecule has 0 radical (unpaired) electrons. The number of rotatable bonds is 3. The highest BCUT2D eigenvalue weighted by Gasteiger charge is 2.20. The summed E-state index contributed by atoms with van der Waals surface area (Å²) in [4.78, 5) is 21.0. The van der Waals surface area contributed by atoms with Gasteiger partial charge >= 0.3 is 5.97 Å². The zero-order chi connectivity index (χ0) is 18.0. The minimum Gasteiger partial charge on any atom is -0.456 e. The molecule has 0 atom stereocenters. The SMILES string of the molecule is CC(C)(C)OC(=O)c1ccc2nc(N)nc(NC3CCCCC3)c2c1. The molecular formula is C19H26N4O2. The van der Waals surface area contributed by atoms with Crippen molar-refractivity contribution in [2.45, 2.75) is 64.5 Å². The number of carbonyl (C=O) groups excluding carboxylic acids is 1. The van der Waals surface area contributed by atoms with Gasteiger partial charge in [-0.2, -0.15) is 4.98 Å². The number of benzene rings is 1. The lowest BCUT2D eigenvalue weighted by molar-refractivity contribution is 0.00697. The molecule has 1 aromatic carbocycles. The number of nitrogens with one attached hydrogen (secondary N) is 1. The maximum absolute atomic E-state index is 12.4. The Balaban J connectivity index is 1.94. The molecule has 2 aromatic rings. The van der Waals surface area contributed by atoms with Gasteiger partial charge in [0.05, 0.1) is 11.1 Å². The quantitative estimate of drug-likeness (QED) is 0.822. The van der Waals surface area contributed by atoms with Crippen molar-refractivity contribution in [1.82, 2.24) is 9.97 Å². The average molecular weight is 342 g/mol. The molecule has 0 saturated heterocycles. The summed E-state index contributed by atoms with van der Waals surface area (Å²) in [6.45, 7) is 5.56. The van der Waals surface area contributed by atoms with Gasteiger partial charge in [-0.25, -0.2) is 9.78 Å². The number of fused-ring (bicyclic) bond motifs is 1. The Hall–Kier alpha value is -2.37. The van der Waals surface area contributed by atoms with Crippen LogP contribution < -0.4 is 11.1 Å². The third-order valence-corrected chi connectivity index (χ3v) is 4.29. The Morgan fingerprint density at radius 3 is 2.60 bits per heavy atom. The van der Waals surface area contributed by atoms with E-state index in [-0.39, 0.29) is 11.9 Å². The Bertz CT molecular complexity index is 777. The summed E-state index contributed by atoms with van der Waals surface area (Å²) in [6, 6.07) is 5.68. The summed E-state index contributed by atoms with van der Waals surface area (Å²) in [7, 11) is 0. The van der Waals surface area contributed by atoms with E-state index in [1.54, 1.807) is 18.2 Å². The van der Waals surface area contributed by atoms with Gasteiger partial charge in [0.1, 0.15) is 11.4 Å². The fourth-order valence-electron chi connectivity index (χ4n) is 3.16. The van der Waals surface area contributed by atoms with E-state index in [1.807, 2.05) is 20.8 Å². The minimum atomic E-state index is -0.535. The van der Waals surface area contributed by atoms with Crippen molar-refractivity contribution in [3.8, 4) is 0 Å². The molecule has 1 aliphatic carbocycles. The maximum Gasteiger partial charge on any atom is 0.338 e. The standard InChI is InChI=1S/C19H26N4O2/c1-19(2,3)25-17(24)12-9-10-15-14(11-12)16(23-18(20)22-15)21-13-7-5-4-6-8-13/h9-11,13H,4-8H2,1-3H3,(H3,20,21,22,23). The summed E-state index contributed by atoms with van der Waals surface area (Å²) < 4.78 is 5.46. The van der Waals surface area contributed by atoms with Crippen LogP contribution in [0.5, 0.6) is 0 Å². The van der Waals surface area contributed by atoms with E-state index in [0.717, 1.165) is 23.7 Å². The highest BCUT2D eigenvalue weighted by atomic mass is 16.6. The van der Waals surface area contributed by atoms with Crippen molar-refractivity contribution in [3.05, 3.63) is 23.8 Å². The van der Waals surface area contributed by atoms with Crippen molar-refractivity contribution < 1.29 is 9.53 Å². The van der Waals surface area contributed by atoms with Crippen LogP contribution in [0.1, 0.15) is 63.2 Å². The molecule has 0 unspecified atom stereocenters. The van der Waals surface area contributed by atoms with Crippen molar-refractivity contribution in [2.24, 2.45) is 0 Å². The summed E-state index contributed by atoms with van der Waals surface area (Å²) in [5.74, 6) is 0.575. The average Bonchev–Trinajstić information content (AvgIpc) is 2.53. The number of ether oxygens (including phenoxy) is 1. The minimum absolute atomic E-state index is 0.232. The fourth-order valence-corrected chi connectivity index (χ4v) is 3.16. The predicted molar refractivity (Wildman–Crippen MR) is 99.6 cm³/mol. The summed E-state index contributed by atoms with van der Waals surface area (Å²) in [6.07, 6.45) is 5.97. The van der Waals surface area contributed by atoms with Gasteiger partial charge < -0.3 is 15.8 Å². The summed E-state index contributed by atoms with van der Waals surface area (Å²) >= 11 is 0. The smallest absolute Gasteiger partial charge is 0.338 e. The molecule has 0 amide bonds. The third kappa shape index (κ3) is 4.38. The van der Waals surface area contributed by atoms with Crippen LogP contribution in [0.25, 0.3) is 10.9 Å². The first-order chi connectivity index (χ1) is 11.8. The number of hydrogen-bond acceptors (Lipinski definition) is 6. The van der Waals surface area contributed by atoms with Gasteiger partial charge in [-0.15, -0.1) is 0 Å². The second-order valence-corrected chi connectivity index (χ2v) is 7.64. The number of anilines is 2. The van der Waals surface area contributed by atoms with Crippen molar-refractivity contribution in [1.29, 1.82) is 0 Å². The van der Waals surface area contributed by atoms with Gasteiger partial charge in [-0.3, -0.25) is 0 Å². The second kappa shape index (κ2) is 6.86. The number of aromatic nitrogens is 2. The van der Waals surface area contributed by atoms with E-state index in [2.05, 4.69) is 15.3 Å². The lowest BCUT2D eigenvalue weighted by atomic mass is 9.95. The van der Waals surface area contributed by atoms with Crippen molar-refractivity contribution in [2.75, 3.05) is 11.1 Å². The van der Waals surface area contributed by atoms with Crippen LogP contribution in [-0.2, 0) is 4.74 Å². The van der Waals surface area contributed by atoms with E-state index in [9.17, 15) is 4.79 Å². The molecule has 3 rings (SSSR count). The molecule has 1 saturated carbocycles. The van der Waals surface area contributed by atoms with Crippen LogP contribution >= 0.6 is 0 Å². The number of carbonyl (C=O) groups is 1. The van der Waals surface area contributed by atoms with Crippen LogP contribution in [-0.4, -0.2) is 27.6 Å². The highest BCUT2D eigenvalue weighted by molar-refractivity contribution is 5.98. The maximum atomic E-state index is 12.4. The first-order valence-corrected chi connectivity index (χ1v) is 8.89. The molecule has 25 heavy (non-hydrogen) atoms. The Labute approximate surface area is 148 Å². The highest BCUT2D eigenvalue weighted by Crippen LogP contribution is 2.27. The lowest BCUT2D eigenvalue weighted by Gasteiger charge is -2.24. The lowest BCUT2D eigenvalue weighted by Crippen LogP contribution is -2.24. The largest absolute Gasteiger partial charge is 0.456 e. The predicted octanol–water partition coefficient (Wildman–Crippen LogP) is 3.91. The molecule has 6 nitrogen and oxygen atoms in total. The molecule has 0 aliphatic heterocycles. The summed E-state index contributed by atoms with van der Waals surface area (Å²) in [5.41, 5.74) is 6.53. The van der Waals surface area contributed by atoms with Gasteiger partial charge in [0.2, 0.25) is 5.95 Å². The van der Waals surface area contributed by atoms with E-state index in [1.165, 1.54) is 19.3 Å². The Morgan fingerprint density at radius 1 is 1.20 bits per heavy atom. The molecule has 0 bridgehead atoms. The molecule has 1 heterocycles. The molecular weight excluding hydrogens is 316 g/mol. The van der Waals surface area contributed by atoms with Gasteiger partial charge in [-0.05, 0) is 51.8 Å². The second-order valence-electron chi connectivity index (χ2n) is 7.64. The van der Waals surface area contributed by atoms with Crippen molar-refractivity contribution >= 4 is 28.6 Å². The van der Waals surface area contributed by atoms with E-state index < -0.39 is 5.60 Å². The van der Waals surface area contributed by atoms with Gasteiger partial charge in [0.25, 0.3) is 0 Å². The molecule has 1 aliphatic rings. The topological polar surface area (TPSA) is 90.1 Å². The number of nitrogen functional groups attached to an aromatic ring is 1. The first kappa shape index (κ1) is 17.5. The molecule has 3 N–H and O–H groups in total. The van der Waals surface area contributed by atoms with E-state index in [4.69, 9.17) is 10.5 Å². The number of nitrogens with zero attached hydrogens (tertiary/aromatic N) is 2. The zero-order valence-corrected chi connectivity index (χ0v) is 15.1.